The smallest absolute Gasteiger partial charge is 0.194 e. The van der Waals surface area contributed by atoms with Crippen LogP contribution in [-0.4, -0.2) is 0 Å². The van der Waals surface area contributed by atoms with Crippen molar-refractivity contribution in [1.29, 1.82) is 0 Å². The molecule has 0 heterocycles. The minimum Gasteiger partial charge on any atom is -0.204 e. The molecule has 3 heteroatoms. The van der Waals surface area contributed by atoms with E-state index in [9.17, 15) is 13.2 Å². The van der Waals surface area contributed by atoms with Crippen molar-refractivity contribution in [3.05, 3.63) is 41.1 Å². The van der Waals surface area contributed by atoms with Gasteiger partial charge in [0.1, 0.15) is 0 Å². The quantitative estimate of drug-likeness (QED) is 0.578. The summed E-state index contributed by atoms with van der Waals surface area (Å²) in [6, 6.07) is 2.31. The fraction of sp³-hybridized carbons (Fsp3) is 0.650. The van der Waals surface area contributed by atoms with Crippen molar-refractivity contribution in [2.45, 2.75) is 64.7 Å². The van der Waals surface area contributed by atoms with Crippen LogP contribution in [0.15, 0.2) is 12.1 Å². The summed E-state index contributed by atoms with van der Waals surface area (Å²) in [5.74, 6) is 0.374. The van der Waals surface area contributed by atoms with Gasteiger partial charge in [0, 0.05) is 0 Å². The van der Waals surface area contributed by atoms with Gasteiger partial charge in [-0.1, -0.05) is 19.8 Å². The van der Waals surface area contributed by atoms with Crippen LogP contribution >= 0.6 is 0 Å². The maximum absolute atomic E-state index is 13.3. The number of halogens is 3. The van der Waals surface area contributed by atoms with Crippen molar-refractivity contribution in [2.75, 3.05) is 0 Å². The lowest BCUT2D eigenvalue weighted by Crippen LogP contribution is -2.24. The predicted molar refractivity (Wildman–Crippen MR) is 86.3 cm³/mol. The first-order chi connectivity index (χ1) is 11.0. The van der Waals surface area contributed by atoms with Crippen LogP contribution in [0.2, 0.25) is 0 Å². The highest BCUT2D eigenvalue weighted by Crippen LogP contribution is 2.43. The second-order valence-corrected chi connectivity index (χ2v) is 7.64. The first-order valence-electron chi connectivity index (χ1n) is 9.01. The van der Waals surface area contributed by atoms with Gasteiger partial charge in [0.25, 0.3) is 0 Å². The van der Waals surface area contributed by atoms with Gasteiger partial charge in [-0.25, -0.2) is 13.2 Å². The second kappa shape index (κ2) is 7.27. The molecular formula is C20H26F3. The van der Waals surface area contributed by atoms with Gasteiger partial charge in [-0.2, -0.15) is 0 Å². The molecule has 2 saturated carbocycles. The normalized spacial score (nSPS) is 27.3. The summed E-state index contributed by atoms with van der Waals surface area (Å²) < 4.78 is 39.6. The Hall–Kier alpha value is -0.990. The summed E-state index contributed by atoms with van der Waals surface area (Å²) in [4.78, 5) is 0. The van der Waals surface area contributed by atoms with E-state index in [1.165, 1.54) is 38.5 Å². The lowest BCUT2D eigenvalue weighted by Gasteiger charge is -2.37. The predicted octanol–water partition coefficient (Wildman–Crippen LogP) is 6.24. The van der Waals surface area contributed by atoms with Crippen molar-refractivity contribution in [2.24, 2.45) is 17.8 Å². The molecule has 1 radical (unpaired) electrons. The minimum atomic E-state index is -1.36. The van der Waals surface area contributed by atoms with Crippen molar-refractivity contribution in [3.8, 4) is 0 Å². The molecule has 0 amide bonds. The van der Waals surface area contributed by atoms with E-state index in [0.717, 1.165) is 36.8 Å². The van der Waals surface area contributed by atoms with Crippen molar-refractivity contribution in [1.82, 2.24) is 0 Å². The molecule has 0 nitrogen and oxygen atoms in total. The van der Waals surface area contributed by atoms with Crippen LogP contribution in [-0.2, 0) is 6.42 Å². The molecule has 0 saturated heterocycles. The molecule has 0 N–H and O–H groups in total. The Kier molecular flexibility index (Phi) is 5.33. The molecule has 2 fully saturated rings. The maximum Gasteiger partial charge on any atom is 0.194 e. The summed E-state index contributed by atoms with van der Waals surface area (Å²) in [7, 11) is 0. The second-order valence-electron chi connectivity index (χ2n) is 7.64. The topological polar surface area (TPSA) is 0 Å². The summed E-state index contributed by atoms with van der Waals surface area (Å²) >= 11 is 0. The molecule has 2 aliphatic rings. The average Bonchev–Trinajstić information content (AvgIpc) is 2.54. The largest absolute Gasteiger partial charge is 0.204 e. The lowest BCUT2D eigenvalue weighted by molar-refractivity contribution is 0.246. The first kappa shape index (κ1) is 16.9. The van der Waals surface area contributed by atoms with E-state index in [0.29, 0.717) is 17.9 Å². The molecule has 0 bridgehead atoms. The van der Waals surface area contributed by atoms with Gasteiger partial charge in [-0.05, 0) is 86.3 Å². The van der Waals surface area contributed by atoms with E-state index in [2.05, 4.69) is 6.92 Å². The van der Waals surface area contributed by atoms with E-state index in [4.69, 9.17) is 0 Å². The Morgan fingerprint density at radius 3 is 2.00 bits per heavy atom. The zero-order valence-corrected chi connectivity index (χ0v) is 13.9. The summed E-state index contributed by atoms with van der Waals surface area (Å²) in [6.07, 6.45) is 10.6. The van der Waals surface area contributed by atoms with Crippen LogP contribution in [0.3, 0.4) is 0 Å². The average molecular weight is 323 g/mol. The molecule has 0 unspecified atom stereocenters. The SMILES string of the molecule is CC1CC[C](C2CCC(Cc3cc(F)c(F)c(F)c3)CC2)CC1. The van der Waals surface area contributed by atoms with E-state index < -0.39 is 17.5 Å². The van der Waals surface area contributed by atoms with Crippen LogP contribution < -0.4 is 0 Å². The van der Waals surface area contributed by atoms with Gasteiger partial charge in [0.05, 0.1) is 0 Å². The Balaban J connectivity index is 1.51. The number of hydrogen-bond acceptors (Lipinski definition) is 0. The monoisotopic (exact) mass is 323 g/mol. The Morgan fingerprint density at radius 1 is 0.870 bits per heavy atom. The van der Waals surface area contributed by atoms with Crippen molar-refractivity contribution >= 4 is 0 Å². The van der Waals surface area contributed by atoms with Gasteiger partial charge in [0.15, 0.2) is 17.5 Å². The van der Waals surface area contributed by atoms with Crippen molar-refractivity contribution < 1.29 is 13.2 Å². The van der Waals surface area contributed by atoms with Gasteiger partial charge < -0.3 is 0 Å². The van der Waals surface area contributed by atoms with Crippen molar-refractivity contribution in [3.63, 3.8) is 0 Å². The van der Waals surface area contributed by atoms with Crippen LogP contribution in [0.5, 0.6) is 0 Å². The first-order valence-corrected chi connectivity index (χ1v) is 9.01. The molecule has 23 heavy (non-hydrogen) atoms. The number of rotatable bonds is 3. The molecular weight excluding hydrogens is 297 g/mol. The molecule has 0 atom stereocenters. The zero-order valence-electron chi connectivity index (χ0n) is 13.9. The summed E-state index contributed by atoms with van der Waals surface area (Å²) in [6.45, 7) is 2.34. The van der Waals surface area contributed by atoms with Crippen LogP contribution in [0.4, 0.5) is 13.2 Å². The highest BCUT2D eigenvalue weighted by molar-refractivity contribution is 5.20. The van der Waals surface area contributed by atoms with Crippen LogP contribution in [0.1, 0.15) is 63.9 Å². The van der Waals surface area contributed by atoms with Crippen LogP contribution in [0.25, 0.3) is 0 Å². The van der Waals surface area contributed by atoms with E-state index >= 15 is 0 Å². The third kappa shape index (κ3) is 4.10. The Morgan fingerprint density at radius 2 is 1.43 bits per heavy atom. The fourth-order valence-electron chi connectivity index (χ4n) is 4.38. The molecule has 1 aromatic rings. The maximum atomic E-state index is 13.3. The standard InChI is InChI=1S/C20H26F3/c1-13-2-6-16(7-3-13)17-8-4-14(5-9-17)10-15-11-18(21)20(23)19(22)12-15/h11-14,17H,2-10H2,1H3. The third-order valence-corrected chi connectivity index (χ3v) is 5.91. The molecule has 2 aliphatic carbocycles. The summed E-state index contributed by atoms with van der Waals surface area (Å²) in [5.41, 5.74) is 0.587. The Bertz CT molecular complexity index is 501. The Labute approximate surface area is 137 Å². The number of benzene rings is 1. The highest BCUT2D eigenvalue weighted by Gasteiger charge is 2.30. The molecule has 0 spiro atoms. The highest BCUT2D eigenvalue weighted by atomic mass is 19.2. The third-order valence-electron chi connectivity index (χ3n) is 5.91. The van der Waals surface area contributed by atoms with Gasteiger partial charge >= 0.3 is 0 Å². The summed E-state index contributed by atoms with van der Waals surface area (Å²) in [5, 5.41) is 0. The van der Waals surface area contributed by atoms with E-state index in [-0.39, 0.29) is 0 Å². The molecule has 3 rings (SSSR count). The number of hydrogen-bond donors (Lipinski definition) is 0. The van der Waals surface area contributed by atoms with Gasteiger partial charge in [0.2, 0.25) is 0 Å². The fourth-order valence-corrected chi connectivity index (χ4v) is 4.38. The molecule has 1 aromatic carbocycles. The van der Waals surface area contributed by atoms with Gasteiger partial charge in [-0.15, -0.1) is 0 Å². The van der Waals surface area contributed by atoms with Gasteiger partial charge in [-0.3, -0.25) is 0 Å². The molecule has 127 valence electrons. The minimum absolute atomic E-state index is 0.471. The van der Waals surface area contributed by atoms with Crippen LogP contribution in [0, 0.1) is 41.1 Å². The molecule has 0 aliphatic heterocycles. The molecule has 0 aromatic heterocycles. The lowest BCUT2D eigenvalue weighted by atomic mass is 9.69. The van der Waals surface area contributed by atoms with E-state index in [1.54, 1.807) is 5.92 Å². The zero-order chi connectivity index (χ0) is 16.4. The van der Waals surface area contributed by atoms with E-state index in [1.807, 2.05) is 0 Å².